The van der Waals surface area contributed by atoms with E-state index in [9.17, 15) is 9.90 Å². The Morgan fingerprint density at radius 3 is 2.72 bits per heavy atom. The third-order valence-corrected chi connectivity index (χ3v) is 6.06. The Hall–Kier alpha value is -2.68. The molecule has 8 heteroatoms. The maximum Gasteiger partial charge on any atom is 0.221 e. The molecule has 0 unspecified atom stereocenters. The zero-order valence-electron chi connectivity index (χ0n) is 16.0. The van der Waals surface area contributed by atoms with Crippen LogP contribution in [0.1, 0.15) is 11.9 Å². The smallest absolute Gasteiger partial charge is 0.221 e. The summed E-state index contributed by atoms with van der Waals surface area (Å²) in [5.74, 6) is 1.23. The summed E-state index contributed by atoms with van der Waals surface area (Å²) in [5.41, 5.74) is 1.71. The number of aromatic nitrogens is 1. The van der Waals surface area contributed by atoms with Gasteiger partial charge >= 0.3 is 0 Å². The zero-order chi connectivity index (χ0) is 20.4. The van der Waals surface area contributed by atoms with Gasteiger partial charge in [-0.3, -0.25) is 4.79 Å². The number of aryl methyl sites for hydroxylation is 1. The number of nitrogens with zero attached hydrogens (tertiary/aromatic N) is 1. The van der Waals surface area contributed by atoms with Crippen molar-refractivity contribution in [3.63, 3.8) is 0 Å². The predicted octanol–water partition coefficient (Wildman–Crippen LogP) is 4.60. The molecule has 4 aromatic rings. The maximum absolute atomic E-state index is 11.0. The number of rotatable bonds is 7. The number of thiophene rings is 1. The fraction of sp³-hybridized carbons (Fsp3) is 0.238. The second kappa shape index (κ2) is 8.36. The minimum Gasteiger partial charge on any atom is -0.491 e. The van der Waals surface area contributed by atoms with Crippen LogP contribution in [0.25, 0.3) is 20.3 Å². The number of anilines is 1. The van der Waals surface area contributed by atoms with Crippen LogP contribution in [0, 0.1) is 6.92 Å². The maximum atomic E-state index is 11.0. The lowest BCUT2D eigenvalue weighted by atomic mass is 10.2. The second-order valence-corrected chi connectivity index (χ2v) is 8.75. The van der Waals surface area contributed by atoms with Gasteiger partial charge in [-0.05, 0) is 42.6 Å². The fourth-order valence-corrected chi connectivity index (χ4v) is 4.80. The summed E-state index contributed by atoms with van der Waals surface area (Å²) in [6.07, 6.45) is -0.780. The van der Waals surface area contributed by atoms with Gasteiger partial charge in [0.05, 0.1) is 19.9 Å². The highest BCUT2D eigenvalue weighted by molar-refractivity contribution is 7.21. The largest absolute Gasteiger partial charge is 0.491 e. The molecule has 2 aromatic carbocycles. The Labute approximate surface area is 175 Å². The molecular formula is C21H20N2O4S2. The number of aliphatic hydroxyl groups is 1. The molecule has 0 aliphatic carbocycles. The minimum absolute atomic E-state index is 0.105. The molecule has 29 heavy (non-hydrogen) atoms. The lowest BCUT2D eigenvalue weighted by molar-refractivity contribution is -0.114. The van der Waals surface area contributed by atoms with Crippen LogP contribution in [0.2, 0.25) is 0 Å². The Morgan fingerprint density at radius 1 is 1.21 bits per heavy atom. The number of ether oxygens (including phenoxy) is 2. The van der Waals surface area contributed by atoms with E-state index in [1.54, 1.807) is 46.9 Å². The molecule has 0 bridgehead atoms. The first kappa shape index (κ1) is 19.6. The van der Waals surface area contributed by atoms with Gasteiger partial charge in [-0.15, -0.1) is 22.7 Å². The summed E-state index contributed by atoms with van der Waals surface area (Å²) in [7, 11) is 0. The van der Waals surface area contributed by atoms with Crippen LogP contribution in [0.4, 0.5) is 5.69 Å². The monoisotopic (exact) mass is 428 g/mol. The molecule has 1 atom stereocenters. The highest BCUT2D eigenvalue weighted by Crippen LogP contribution is 2.38. The third-order valence-electron chi connectivity index (χ3n) is 4.22. The number of amides is 1. The van der Waals surface area contributed by atoms with Crippen molar-refractivity contribution in [3.05, 3.63) is 46.8 Å². The molecule has 6 nitrogen and oxygen atoms in total. The first-order chi connectivity index (χ1) is 14.0. The van der Waals surface area contributed by atoms with Crippen LogP contribution in [-0.2, 0) is 4.79 Å². The van der Waals surface area contributed by atoms with Crippen molar-refractivity contribution >= 4 is 54.6 Å². The van der Waals surface area contributed by atoms with Crippen LogP contribution < -0.4 is 14.8 Å². The van der Waals surface area contributed by atoms with Crippen LogP contribution in [0.15, 0.2) is 41.8 Å². The summed E-state index contributed by atoms with van der Waals surface area (Å²) in [6, 6.07) is 11.0. The van der Waals surface area contributed by atoms with E-state index in [0.717, 1.165) is 31.1 Å². The number of nitrogens with one attached hydrogen (secondary N) is 1. The quantitative estimate of drug-likeness (QED) is 0.450. The average molecular weight is 429 g/mol. The van der Waals surface area contributed by atoms with Crippen molar-refractivity contribution in [1.82, 2.24) is 4.98 Å². The molecule has 2 aromatic heterocycles. The number of carbonyl (C=O) groups excluding carboxylic acids is 1. The third kappa shape index (κ3) is 4.50. The molecule has 0 radical (unpaired) electrons. The molecular weight excluding hydrogens is 408 g/mol. The van der Waals surface area contributed by atoms with E-state index in [2.05, 4.69) is 10.3 Å². The van der Waals surface area contributed by atoms with Gasteiger partial charge in [-0.1, -0.05) is 0 Å². The van der Waals surface area contributed by atoms with Crippen LogP contribution >= 0.6 is 22.7 Å². The van der Waals surface area contributed by atoms with Crippen molar-refractivity contribution in [1.29, 1.82) is 0 Å². The highest BCUT2D eigenvalue weighted by atomic mass is 32.1. The molecule has 0 fully saturated rings. The number of thiazole rings is 1. The Bertz CT molecular complexity index is 1150. The normalized spacial score (nSPS) is 12.2. The van der Waals surface area contributed by atoms with Crippen LogP contribution in [-0.4, -0.2) is 35.3 Å². The predicted molar refractivity (Wildman–Crippen MR) is 117 cm³/mol. The first-order valence-electron chi connectivity index (χ1n) is 9.08. The number of hydrogen-bond acceptors (Lipinski definition) is 7. The second-order valence-electron chi connectivity index (χ2n) is 6.60. The molecule has 1 amide bonds. The van der Waals surface area contributed by atoms with Gasteiger partial charge in [0.25, 0.3) is 0 Å². The summed E-state index contributed by atoms with van der Waals surface area (Å²) in [5, 5.41) is 17.0. The van der Waals surface area contributed by atoms with Gasteiger partial charge in [0, 0.05) is 24.1 Å². The van der Waals surface area contributed by atoms with Crippen LogP contribution in [0.3, 0.4) is 0 Å². The van der Waals surface area contributed by atoms with Crippen molar-refractivity contribution in [3.8, 4) is 11.5 Å². The fourth-order valence-electron chi connectivity index (χ4n) is 2.97. The Balaban J connectivity index is 1.37. The highest BCUT2D eigenvalue weighted by Gasteiger charge is 2.14. The lowest BCUT2D eigenvalue weighted by Crippen LogP contribution is -2.25. The summed E-state index contributed by atoms with van der Waals surface area (Å²) in [4.78, 5) is 15.7. The van der Waals surface area contributed by atoms with E-state index in [1.165, 1.54) is 6.92 Å². The van der Waals surface area contributed by atoms with E-state index in [-0.39, 0.29) is 19.1 Å². The molecule has 2 heterocycles. The molecule has 0 spiro atoms. The molecule has 0 aliphatic rings. The van der Waals surface area contributed by atoms with Gasteiger partial charge in [-0.25, -0.2) is 4.98 Å². The number of fused-ring (bicyclic) bond motifs is 3. The topological polar surface area (TPSA) is 80.7 Å². The summed E-state index contributed by atoms with van der Waals surface area (Å²) >= 11 is 3.27. The van der Waals surface area contributed by atoms with Crippen molar-refractivity contribution in [2.45, 2.75) is 20.0 Å². The summed E-state index contributed by atoms with van der Waals surface area (Å²) < 4.78 is 13.7. The standard InChI is InChI=1S/C21H20N2O4S2/c1-12(24)22-14-3-5-16(6-4-14)26-10-15(25)11-27-18-9-19-20(23-13(2)29-19)21-17(18)7-8-28-21/h3-9,15,25H,10-11H2,1-2H3,(H,22,24)/t15-/m0/s1. The molecule has 150 valence electrons. The number of benzene rings is 2. The molecule has 2 N–H and O–H groups in total. The number of hydrogen-bond donors (Lipinski definition) is 2. The minimum atomic E-state index is -0.780. The average Bonchev–Trinajstić information content (AvgIpc) is 3.31. The van der Waals surface area contributed by atoms with Gasteiger partial charge in [0.15, 0.2) is 0 Å². The molecule has 0 saturated heterocycles. The number of aliphatic hydroxyl groups excluding tert-OH is 1. The molecule has 0 aliphatic heterocycles. The van der Waals surface area contributed by atoms with Crippen molar-refractivity contribution in [2.75, 3.05) is 18.5 Å². The van der Waals surface area contributed by atoms with Gasteiger partial charge in [-0.2, -0.15) is 0 Å². The molecule has 0 saturated carbocycles. The molecule has 4 rings (SSSR count). The lowest BCUT2D eigenvalue weighted by Gasteiger charge is -2.14. The van der Waals surface area contributed by atoms with E-state index in [4.69, 9.17) is 9.47 Å². The van der Waals surface area contributed by atoms with E-state index in [1.807, 2.05) is 24.4 Å². The van der Waals surface area contributed by atoms with E-state index in [0.29, 0.717) is 11.4 Å². The Kier molecular flexibility index (Phi) is 5.66. The van der Waals surface area contributed by atoms with Crippen molar-refractivity contribution < 1.29 is 19.4 Å². The van der Waals surface area contributed by atoms with E-state index >= 15 is 0 Å². The SMILES string of the molecule is CC(=O)Nc1ccc(OC[C@H](O)COc2cc3sc(C)nc3c3sccc23)cc1. The van der Waals surface area contributed by atoms with Crippen LogP contribution in [0.5, 0.6) is 11.5 Å². The van der Waals surface area contributed by atoms with Crippen molar-refractivity contribution in [2.24, 2.45) is 0 Å². The van der Waals surface area contributed by atoms with Gasteiger partial charge in [0.2, 0.25) is 5.91 Å². The first-order valence-corrected chi connectivity index (χ1v) is 10.8. The Morgan fingerprint density at radius 2 is 1.97 bits per heavy atom. The number of carbonyl (C=O) groups is 1. The zero-order valence-corrected chi connectivity index (χ0v) is 17.6. The van der Waals surface area contributed by atoms with E-state index < -0.39 is 6.10 Å². The van der Waals surface area contributed by atoms with Gasteiger partial charge in [0.1, 0.15) is 30.8 Å². The van der Waals surface area contributed by atoms with Gasteiger partial charge < -0.3 is 19.9 Å². The summed E-state index contributed by atoms with van der Waals surface area (Å²) in [6.45, 7) is 3.68.